The van der Waals surface area contributed by atoms with Crippen LogP contribution in [0.15, 0.2) is 76.8 Å². The molecule has 1 amide bonds. The number of carbonyl (C=O) groups is 1. The van der Waals surface area contributed by atoms with Gasteiger partial charge in [-0.2, -0.15) is 5.26 Å². The zero-order valence-corrected chi connectivity index (χ0v) is 18.9. The third-order valence-electron chi connectivity index (χ3n) is 4.31. The van der Waals surface area contributed by atoms with Crippen molar-refractivity contribution in [3.8, 4) is 17.6 Å². The number of anilines is 1. The van der Waals surface area contributed by atoms with Crippen LogP contribution >= 0.6 is 27.5 Å². The molecule has 0 saturated carbocycles. The first-order valence-electron chi connectivity index (χ1n) is 9.23. The molecule has 0 bridgehead atoms. The lowest BCUT2D eigenvalue weighted by Gasteiger charge is -2.12. The van der Waals surface area contributed by atoms with Gasteiger partial charge in [-0.1, -0.05) is 51.8 Å². The molecule has 0 heterocycles. The number of hydrogen-bond donors (Lipinski definition) is 1. The van der Waals surface area contributed by atoms with Crippen molar-refractivity contribution in [3.05, 3.63) is 92.9 Å². The molecule has 0 fully saturated rings. The van der Waals surface area contributed by atoms with Crippen LogP contribution in [0.5, 0.6) is 11.5 Å². The molecule has 0 aliphatic rings. The lowest BCUT2D eigenvalue weighted by atomic mass is 10.1. The van der Waals surface area contributed by atoms with Gasteiger partial charge in [0, 0.05) is 20.7 Å². The summed E-state index contributed by atoms with van der Waals surface area (Å²) in [5.74, 6) is 0.536. The summed E-state index contributed by atoms with van der Waals surface area (Å²) in [7, 11) is 1.53. The summed E-state index contributed by atoms with van der Waals surface area (Å²) < 4.78 is 12.3. The number of hydrogen-bond acceptors (Lipinski definition) is 4. The van der Waals surface area contributed by atoms with Crippen LogP contribution in [0.1, 0.15) is 11.1 Å². The second-order valence-corrected chi connectivity index (χ2v) is 7.71. The van der Waals surface area contributed by atoms with Crippen molar-refractivity contribution >= 4 is 45.2 Å². The number of halogens is 2. The van der Waals surface area contributed by atoms with Gasteiger partial charge < -0.3 is 14.8 Å². The molecule has 0 aliphatic heterocycles. The highest BCUT2D eigenvalue weighted by atomic mass is 79.9. The van der Waals surface area contributed by atoms with Crippen molar-refractivity contribution in [1.82, 2.24) is 0 Å². The average Bonchev–Trinajstić information content (AvgIpc) is 2.78. The largest absolute Gasteiger partial charge is 0.493 e. The molecule has 0 radical (unpaired) electrons. The maximum Gasteiger partial charge on any atom is 0.266 e. The van der Waals surface area contributed by atoms with E-state index in [0.29, 0.717) is 34.4 Å². The van der Waals surface area contributed by atoms with Gasteiger partial charge >= 0.3 is 0 Å². The van der Waals surface area contributed by atoms with E-state index in [1.807, 2.05) is 30.3 Å². The number of nitrogens with zero attached hydrogens (tertiary/aromatic N) is 1. The molecular formula is C24H18BrClN2O3. The molecule has 7 heteroatoms. The van der Waals surface area contributed by atoms with Gasteiger partial charge in [0.05, 0.1) is 7.11 Å². The Balaban J connectivity index is 1.75. The van der Waals surface area contributed by atoms with Crippen molar-refractivity contribution in [2.75, 3.05) is 12.4 Å². The van der Waals surface area contributed by atoms with Gasteiger partial charge in [-0.3, -0.25) is 4.79 Å². The summed E-state index contributed by atoms with van der Waals surface area (Å²) in [5, 5.41) is 12.7. The minimum Gasteiger partial charge on any atom is -0.493 e. The van der Waals surface area contributed by atoms with E-state index < -0.39 is 5.91 Å². The van der Waals surface area contributed by atoms with E-state index in [4.69, 9.17) is 21.1 Å². The first-order chi connectivity index (χ1) is 15.0. The molecule has 31 heavy (non-hydrogen) atoms. The summed E-state index contributed by atoms with van der Waals surface area (Å²) in [4.78, 5) is 12.5. The standard InChI is InChI=1S/C24H18BrClN2O3/c1-30-23-13-16(6-11-22(23)31-15-17-4-2-3-5-21(17)25)12-18(14-27)24(29)28-20-9-7-19(26)8-10-20/h2-13H,15H2,1H3,(H,28,29)/b18-12+. The molecule has 0 unspecified atom stereocenters. The molecule has 0 aliphatic carbocycles. The summed E-state index contributed by atoms with van der Waals surface area (Å²) >= 11 is 9.35. The van der Waals surface area contributed by atoms with E-state index in [-0.39, 0.29) is 5.57 Å². The highest BCUT2D eigenvalue weighted by Gasteiger charge is 2.12. The summed E-state index contributed by atoms with van der Waals surface area (Å²) in [6.07, 6.45) is 1.49. The van der Waals surface area contributed by atoms with Crippen LogP contribution in [0, 0.1) is 11.3 Å². The average molecular weight is 498 g/mol. The van der Waals surface area contributed by atoms with E-state index in [0.717, 1.165) is 10.0 Å². The smallest absolute Gasteiger partial charge is 0.266 e. The third-order valence-corrected chi connectivity index (χ3v) is 5.33. The maximum atomic E-state index is 12.5. The van der Waals surface area contributed by atoms with Crippen molar-refractivity contribution in [3.63, 3.8) is 0 Å². The topological polar surface area (TPSA) is 71.3 Å². The molecule has 0 atom stereocenters. The monoisotopic (exact) mass is 496 g/mol. The zero-order chi connectivity index (χ0) is 22.2. The number of nitrogens with one attached hydrogen (secondary N) is 1. The van der Waals surface area contributed by atoms with Crippen LogP contribution in [0.2, 0.25) is 5.02 Å². The van der Waals surface area contributed by atoms with E-state index in [1.54, 1.807) is 42.5 Å². The molecule has 3 rings (SSSR count). The first kappa shape index (κ1) is 22.4. The zero-order valence-electron chi connectivity index (χ0n) is 16.6. The van der Waals surface area contributed by atoms with Crippen molar-refractivity contribution in [1.29, 1.82) is 5.26 Å². The molecule has 1 N–H and O–H groups in total. The molecule has 0 saturated heterocycles. The van der Waals surface area contributed by atoms with Crippen LogP contribution in [-0.4, -0.2) is 13.0 Å². The highest BCUT2D eigenvalue weighted by molar-refractivity contribution is 9.10. The number of benzene rings is 3. The van der Waals surface area contributed by atoms with Crippen LogP contribution < -0.4 is 14.8 Å². The summed E-state index contributed by atoms with van der Waals surface area (Å²) in [6, 6.07) is 21.6. The van der Waals surface area contributed by atoms with E-state index in [1.165, 1.54) is 13.2 Å². The predicted molar refractivity (Wildman–Crippen MR) is 125 cm³/mol. The number of rotatable bonds is 7. The minimum absolute atomic E-state index is 0.0427. The molecule has 5 nitrogen and oxygen atoms in total. The Kier molecular flexibility index (Phi) is 7.71. The summed E-state index contributed by atoms with van der Waals surface area (Å²) in [6.45, 7) is 0.361. The number of amides is 1. The first-order valence-corrected chi connectivity index (χ1v) is 10.4. The van der Waals surface area contributed by atoms with Crippen molar-refractivity contribution in [2.24, 2.45) is 0 Å². The molecule has 3 aromatic carbocycles. The van der Waals surface area contributed by atoms with Crippen LogP contribution in [0.25, 0.3) is 6.08 Å². The van der Waals surface area contributed by atoms with Gasteiger partial charge in [-0.15, -0.1) is 0 Å². The van der Waals surface area contributed by atoms with Crippen LogP contribution in [-0.2, 0) is 11.4 Å². The summed E-state index contributed by atoms with van der Waals surface area (Å²) in [5.41, 5.74) is 2.13. The Labute approximate surface area is 194 Å². The third kappa shape index (κ3) is 6.11. The van der Waals surface area contributed by atoms with E-state index in [9.17, 15) is 10.1 Å². The normalized spacial score (nSPS) is 10.8. The van der Waals surface area contributed by atoms with E-state index >= 15 is 0 Å². The molecule has 0 spiro atoms. The highest BCUT2D eigenvalue weighted by Crippen LogP contribution is 2.30. The Morgan fingerprint density at radius 3 is 2.55 bits per heavy atom. The Morgan fingerprint density at radius 1 is 1.13 bits per heavy atom. The van der Waals surface area contributed by atoms with E-state index in [2.05, 4.69) is 21.2 Å². The minimum atomic E-state index is -0.516. The lowest BCUT2D eigenvalue weighted by Crippen LogP contribution is -2.13. The second kappa shape index (κ2) is 10.7. The number of ether oxygens (including phenoxy) is 2. The van der Waals surface area contributed by atoms with Gasteiger partial charge in [-0.25, -0.2) is 0 Å². The van der Waals surface area contributed by atoms with Gasteiger partial charge in [0.2, 0.25) is 0 Å². The Hall–Kier alpha value is -3.27. The van der Waals surface area contributed by atoms with Crippen molar-refractivity contribution < 1.29 is 14.3 Å². The van der Waals surface area contributed by atoms with Crippen LogP contribution in [0.3, 0.4) is 0 Å². The fraction of sp³-hybridized carbons (Fsp3) is 0.0833. The number of methoxy groups -OCH3 is 1. The van der Waals surface area contributed by atoms with Gasteiger partial charge in [0.25, 0.3) is 5.91 Å². The molecule has 0 aromatic heterocycles. The van der Waals surface area contributed by atoms with Crippen molar-refractivity contribution in [2.45, 2.75) is 6.61 Å². The molecular weight excluding hydrogens is 480 g/mol. The molecule has 156 valence electrons. The Bertz CT molecular complexity index is 1150. The lowest BCUT2D eigenvalue weighted by molar-refractivity contribution is -0.112. The van der Waals surface area contributed by atoms with Crippen LogP contribution in [0.4, 0.5) is 5.69 Å². The van der Waals surface area contributed by atoms with Gasteiger partial charge in [0.1, 0.15) is 18.2 Å². The Morgan fingerprint density at radius 2 is 1.87 bits per heavy atom. The fourth-order valence-corrected chi connectivity index (χ4v) is 3.24. The fourth-order valence-electron chi connectivity index (χ4n) is 2.71. The predicted octanol–water partition coefficient (Wildman–Crippen LogP) is 6.24. The maximum absolute atomic E-state index is 12.5. The van der Waals surface area contributed by atoms with Gasteiger partial charge in [-0.05, 0) is 54.1 Å². The second-order valence-electron chi connectivity index (χ2n) is 6.42. The quantitative estimate of drug-likeness (QED) is 0.310. The molecule has 3 aromatic rings. The van der Waals surface area contributed by atoms with Gasteiger partial charge in [0.15, 0.2) is 11.5 Å². The SMILES string of the molecule is COc1cc(/C=C(\C#N)C(=O)Nc2ccc(Cl)cc2)ccc1OCc1ccccc1Br. The number of carbonyl (C=O) groups excluding carboxylic acids is 1. The number of nitriles is 1.